The van der Waals surface area contributed by atoms with Gasteiger partial charge in [0.1, 0.15) is 0 Å². The van der Waals surface area contributed by atoms with Crippen LogP contribution in [0.1, 0.15) is 35.8 Å². The molecule has 0 spiro atoms. The molecule has 0 unspecified atom stereocenters. The summed E-state index contributed by atoms with van der Waals surface area (Å²) in [6, 6.07) is 8.84. The third-order valence-corrected chi connectivity index (χ3v) is 3.54. The first kappa shape index (κ1) is 12.3. The lowest BCUT2D eigenvalue weighted by Gasteiger charge is -2.07. The van der Waals surface area contributed by atoms with E-state index in [-0.39, 0.29) is 0 Å². The Balaban J connectivity index is 1.83. The Morgan fingerprint density at radius 1 is 1.18 bits per heavy atom. The standard InChI is InChI=1S/C14H18N2S/c1-11(2)13-5-3-12(4-6-13)7-15-8-14-9-16-10-17-14/h3-6,9-11,15H,7-8H2,1-2H3. The van der Waals surface area contributed by atoms with Gasteiger partial charge in [0.15, 0.2) is 0 Å². The van der Waals surface area contributed by atoms with Gasteiger partial charge in [-0.1, -0.05) is 38.1 Å². The van der Waals surface area contributed by atoms with Gasteiger partial charge in [-0.05, 0) is 17.0 Å². The molecule has 1 heterocycles. The van der Waals surface area contributed by atoms with Crippen molar-refractivity contribution in [3.05, 3.63) is 52.0 Å². The van der Waals surface area contributed by atoms with E-state index in [1.807, 2.05) is 11.7 Å². The van der Waals surface area contributed by atoms with Gasteiger partial charge in [0.25, 0.3) is 0 Å². The number of benzene rings is 1. The van der Waals surface area contributed by atoms with Crippen LogP contribution in [0.4, 0.5) is 0 Å². The zero-order chi connectivity index (χ0) is 12.1. The van der Waals surface area contributed by atoms with E-state index >= 15 is 0 Å². The summed E-state index contributed by atoms with van der Waals surface area (Å²) < 4.78 is 0. The van der Waals surface area contributed by atoms with Crippen LogP contribution < -0.4 is 5.32 Å². The van der Waals surface area contributed by atoms with Crippen LogP contribution in [0.25, 0.3) is 0 Å². The Morgan fingerprint density at radius 3 is 2.53 bits per heavy atom. The minimum Gasteiger partial charge on any atom is -0.308 e. The van der Waals surface area contributed by atoms with Gasteiger partial charge in [-0.2, -0.15) is 0 Å². The first-order chi connectivity index (χ1) is 8.25. The lowest BCUT2D eigenvalue weighted by Crippen LogP contribution is -2.11. The first-order valence-electron chi connectivity index (χ1n) is 5.92. The van der Waals surface area contributed by atoms with Crippen LogP contribution in [-0.2, 0) is 13.1 Å². The van der Waals surface area contributed by atoms with Gasteiger partial charge in [-0.25, -0.2) is 0 Å². The molecule has 0 fully saturated rings. The quantitative estimate of drug-likeness (QED) is 0.872. The first-order valence-corrected chi connectivity index (χ1v) is 6.80. The van der Waals surface area contributed by atoms with Crippen molar-refractivity contribution in [2.45, 2.75) is 32.9 Å². The molecule has 1 N–H and O–H groups in total. The molecule has 0 aliphatic heterocycles. The zero-order valence-electron chi connectivity index (χ0n) is 10.3. The van der Waals surface area contributed by atoms with E-state index in [0.29, 0.717) is 5.92 Å². The summed E-state index contributed by atoms with van der Waals surface area (Å²) in [6.45, 7) is 6.25. The summed E-state index contributed by atoms with van der Waals surface area (Å²) in [5.74, 6) is 0.606. The summed E-state index contributed by atoms with van der Waals surface area (Å²) in [6.07, 6.45) is 1.92. The molecule has 17 heavy (non-hydrogen) atoms. The molecule has 0 saturated heterocycles. The van der Waals surface area contributed by atoms with Crippen molar-refractivity contribution in [2.24, 2.45) is 0 Å². The lowest BCUT2D eigenvalue weighted by molar-refractivity contribution is 0.699. The molecule has 2 aromatic rings. The highest BCUT2D eigenvalue weighted by Crippen LogP contribution is 2.14. The normalized spacial score (nSPS) is 11.0. The minimum absolute atomic E-state index is 0.606. The highest BCUT2D eigenvalue weighted by molar-refractivity contribution is 7.09. The fourth-order valence-electron chi connectivity index (χ4n) is 1.68. The average molecular weight is 246 g/mol. The van der Waals surface area contributed by atoms with Gasteiger partial charge < -0.3 is 5.32 Å². The second-order valence-electron chi connectivity index (χ2n) is 4.47. The molecule has 0 aliphatic carbocycles. The van der Waals surface area contributed by atoms with Crippen molar-refractivity contribution in [3.63, 3.8) is 0 Å². The molecule has 0 bridgehead atoms. The third-order valence-electron chi connectivity index (χ3n) is 2.76. The van der Waals surface area contributed by atoms with Crippen LogP contribution in [0.15, 0.2) is 36.0 Å². The second kappa shape index (κ2) is 5.94. The summed E-state index contributed by atoms with van der Waals surface area (Å²) in [5.41, 5.74) is 4.60. The van der Waals surface area contributed by atoms with Crippen molar-refractivity contribution in [2.75, 3.05) is 0 Å². The largest absolute Gasteiger partial charge is 0.308 e. The smallest absolute Gasteiger partial charge is 0.0794 e. The number of nitrogens with zero attached hydrogens (tertiary/aromatic N) is 1. The molecule has 90 valence electrons. The highest BCUT2D eigenvalue weighted by atomic mass is 32.1. The van der Waals surface area contributed by atoms with E-state index < -0.39 is 0 Å². The Bertz CT molecular complexity index is 432. The summed E-state index contributed by atoms with van der Waals surface area (Å²) in [5, 5.41) is 3.42. The van der Waals surface area contributed by atoms with E-state index in [4.69, 9.17) is 0 Å². The predicted molar refractivity (Wildman–Crippen MR) is 73.2 cm³/mol. The van der Waals surface area contributed by atoms with Crippen LogP contribution >= 0.6 is 11.3 Å². The SMILES string of the molecule is CC(C)c1ccc(CNCc2cncs2)cc1. The zero-order valence-corrected chi connectivity index (χ0v) is 11.1. The average Bonchev–Trinajstić information content (AvgIpc) is 2.83. The van der Waals surface area contributed by atoms with Crippen LogP contribution in [0, 0.1) is 0 Å². The molecular formula is C14H18N2S. The number of hydrogen-bond donors (Lipinski definition) is 1. The van der Waals surface area contributed by atoms with Crippen LogP contribution in [0.2, 0.25) is 0 Å². The molecule has 0 aliphatic rings. The number of rotatable bonds is 5. The van der Waals surface area contributed by atoms with Crippen molar-refractivity contribution < 1.29 is 0 Å². The van der Waals surface area contributed by atoms with Gasteiger partial charge in [-0.15, -0.1) is 11.3 Å². The molecule has 0 amide bonds. The van der Waals surface area contributed by atoms with Crippen molar-refractivity contribution in [1.29, 1.82) is 0 Å². The predicted octanol–water partition coefficient (Wildman–Crippen LogP) is 3.56. The third kappa shape index (κ3) is 3.65. The van der Waals surface area contributed by atoms with Crippen LogP contribution in [-0.4, -0.2) is 4.98 Å². The molecular weight excluding hydrogens is 228 g/mol. The van der Waals surface area contributed by atoms with Gasteiger partial charge >= 0.3 is 0 Å². The van der Waals surface area contributed by atoms with Gasteiger partial charge in [0.2, 0.25) is 0 Å². The minimum atomic E-state index is 0.606. The number of nitrogens with one attached hydrogen (secondary N) is 1. The fraction of sp³-hybridized carbons (Fsp3) is 0.357. The molecule has 0 atom stereocenters. The molecule has 0 radical (unpaired) electrons. The van der Waals surface area contributed by atoms with Gasteiger partial charge in [-0.3, -0.25) is 4.98 Å². The van der Waals surface area contributed by atoms with Gasteiger partial charge in [0, 0.05) is 24.2 Å². The number of hydrogen-bond acceptors (Lipinski definition) is 3. The fourth-order valence-corrected chi connectivity index (χ4v) is 2.24. The maximum atomic E-state index is 4.06. The van der Waals surface area contributed by atoms with E-state index in [9.17, 15) is 0 Å². The Labute approximate surface area is 107 Å². The Morgan fingerprint density at radius 2 is 1.94 bits per heavy atom. The van der Waals surface area contributed by atoms with E-state index in [1.165, 1.54) is 16.0 Å². The maximum Gasteiger partial charge on any atom is 0.0794 e. The van der Waals surface area contributed by atoms with E-state index in [0.717, 1.165) is 13.1 Å². The van der Waals surface area contributed by atoms with Crippen molar-refractivity contribution in [1.82, 2.24) is 10.3 Å². The summed E-state index contributed by atoms with van der Waals surface area (Å²) in [7, 11) is 0. The van der Waals surface area contributed by atoms with Crippen LogP contribution in [0.5, 0.6) is 0 Å². The molecule has 1 aromatic heterocycles. The monoisotopic (exact) mass is 246 g/mol. The summed E-state index contributed by atoms with van der Waals surface area (Å²) in [4.78, 5) is 5.34. The second-order valence-corrected chi connectivity index (χ2v) is 5.44. The Hall–Kier alpha value is -1.19. The molecule has 0 saturated carbocycles. The summed E-state index contributed by atoms with van der Waals surface area (Å²) >= 11 is 1.69. The molecule has 1 aromatic carbocycles. The van der Waals surface area contributed by atoms with Gasteiger partial charge in [0.05, 0.1) is 5.51 Å². The number of aromatic nitrogens is 1. The maximum absolute atomic E-state index is 4.06. The van der Waals surface area contributed by atoms with Crippen LogP contribution in [0.3, 0.4) is 0 Å². The molecule has 3 heteroatoms. The van der Waals surface area contributed by atoms with Crippen molar-refractivity contribution >= 4 is 11.3 Å². The highest BCUT2D eigenvalue weighted by Gasteiger charge is 1.99. The number of thiazole rings is 1. The molecule has 2 rings (SSSR count). The molecule has 2 nitrogen and oxygen atoms in total. The Kier molecular flexibility index (Phi) is 4.29. The van der Waals surface area contributed by atoms with E-state index in [2.05, 4.69) is 48.4 Å². The van der Waals surface area contributed by atoms with E-state index in [1.54, 1.807) is 11.3 Å². The van der Waals surface area contributed by atoms with Crippen molar-refractivity contribution in [3.8, 4) is 0 Å². The topological polar surface area (TPSA) is 24.9 Å². The lowest BCUT2D eigenvalue weighted by atomic mass is 10.0.